The highest BCUT2D eigenvalue weighted by molar-refractivity contribution is 6.34. The lowest BCUT2D eigenvalue weighted by atomic mass is 9.93. The number of rotatable bonds is 1. The van der Waals surface area contributed by atoms with Gasteiger partial charge in [0.2, 0.25) is 0 Å². The van der Waals surface area contributed by atoms with Gasteiger partial charge in [0.05, 0.1) is 5.02 Å². The molecule has 5 heteroatoms. The van der Waals surface area contributed by atoms with E-state index >= 15 is 0 Å². The summed E-state index contributed by atoms with van der Waals surface area (Å²) < 4.78 is 18.2. The van der Waals surface area contributed by atoms with Crippen molar-refractivity contribution in [3.8, 4) is 11.1 Å². The molecule has 0 unspecified atom stereocenters. The van der Waals surface area contributed by atoms with E-state index in [1.165, 1.54) is 24.3 Å². The monoisotopic (exact) mass is 314 g/mol. The molecule has 2 radical (unpaired) electrons. The summed E-state index contributed by atoms with van der Waals surface area (Å²) in [6.45, 7) is 4.00. The van der Waals surface area contributed by atoms with Gasteiger partial charge < -0.3 is 4.42 Å². The predicted molar refractivity (Wildman–Crippen MR) is 89.6 cm³/mol. The molecular weight excluding hydrogens is 301 g/mol. The van der Waals surface area contributed by atoms with Gasteiger partial charge in [0.1, 0.15) is 19.2 Å². The van der Waals surface area contributed by atoms with Crippen molar-refractivity contribution in [2.75, 3.05) is 0 Å². The van der Waals surface area contributed by atoms with Gasteiger partial charge in [0.15, 0.2) is 0 Å². The maximum atomic E-state index is 13.1. The Morgan fingerprint density at radius 3 is 2.45 bits per heavy atom. The average Bonchev–Trinajstić information content (AvgIpc) is 2.48. The van der Waals surface area contributed by atoms with Crippen molar-refractivity contribution in [2.45, 2.75) is 13.8 Å². The molecule has 0 fully saturated rings. The van der Waals surface area contributed by atoms with Crippen LogP contribution >= 0.6 is 11.6 Å². The molecule has 0 N–H and O–H groups in total. The van der Waals surface area contributed by atoms with Crippen LogP contribution in [0.5, 0.6) is 0 Å². The first-order chi connectivity index (χ1) is 10.5. The summed E-state index contributed by atoms with van der Waals surface area (Å²) in [7, 11) is 5.67. The normalized spacial score (nSPS) is 10.2. The summed E-state index contributed by atoms with van der Waals surface area (Å²) in [5.74, 6) is -0.435. The molecular formula is C17H13BClFO2. The van der Waals surface area contributed by atoms with Gasteiger partial charge in [-0.25, -0.2) is 9.18 Å². The molecule has 1 heterocycles. The molecule has 0 spiro atoms. The van der Waals surface area contributed by atoms with Crippen LogP contribution in [0.15, 0.2) is 51.7 Å². The van der Waals surface area contributed by atoms with Crippen LogP contribution in [0.1, 0.15) is 13.8 Å². The smallest absolute Gasteiger partial charge is 0.336 e. The Morgan fingerprint density at radius 2 is 1.77 bits per heavy atom. The van der Waals surface area contributed by atoms with Gasteiger partial charge in [0, 0.05) is 22.6 Å². The highest BCUT2D eigenvalue weighted by atomic mass is 35.5. The van der Waals surface area contributed by atoms with Crippen molar-refractivity contribution in [1.29, 1.82) is 0 Å². The molecule has 3 rings (SSSR count). The quantitative estimate of drug-likeness (QED) is 0.500. The lowest BCUT2D eigenvalue weighted by molar-refractivity contribution is 0.562. The van der Waals surface area contributed by atoms with E-state index in [2.05, 4.69) is 0 Å². The van der Waals surface area contributed by atoms with E-state index in [1.54, 1.807) is 18.2 Å². The van der Waals surface area contributed by atoms with Crippen LogP contribution in [0.2, 0.25) is 5.02 Å². The molecule has 110 valence electrons. The van der Waals surface area contributed by atoms with Crippen LogP contribution < -0.4 is 11.1 Å². The van der Waals surface area contributed by atoms with Crippen LogP contribution in [0.4, 0.5) is 4.39 Å². The summed E-state index contributed by atoms with van der Waals surface area (Å²) in [4.78, 5) is 11.6. The van der Waals surface area contributed by atoms with Crippen molar-refractivity contribution in [3.05, 3.63) is 63.7 Å². The topological polar surface area (TPSA) is 30.2 Å². The molecule has 2 nitrogen and oxygen atoms in total. The first-order valence-electron chi connectivity index (χ1n) is 6.83. The van der Waals surface area contributed by atoms with Crippen molar-refractivity contribution < 1.29 is 8.81 Å². The molecule has 3 aromatic rings. The van der Waals surface area contributed by atoms with Gasteiger partial charge in [-0.15, -0.1) is 0 Å². The Kier molecular flexibility index (Phi) is 5.04. The highest BCUT2D eigenvalue weighted by Gasteiger charge is 2.11. The minimum absolute atomic E-state index is 0.230. The Labute approximate surface area is 133 Å². The maximum Gasteiger partial charge on any atom is 0.336 e. The fourth-order valence-electron chi connectivity index (χ4n) is 2.11. The zero-order valence-electron chi connectivity index (χ0n) is 12.2. The van der Waals surface area contributed by atoms with Gasteiger partial charge in [-0.3, -0.25) is 0 Å². The van der Waals surface area contributed by atoms with Gasteiger partial charge in [-0.1, -0.05) is 43.0 Å². The molecule has 22 heavy (non-hydrogen) atoms. The Morgan fingerprint density at radius 1 is 1.05 bits per heavy atom. The minimum atomic E-state index is -0.515. The Bertz CT molecular complexity index is 874. The molecule has 0 aliphatic carbocycles. The summed E-state index contributed by atoms with van der Waals surface area (Å²) >= 11 is 6.05. The van der Waals surface area contributed by atoms with Crippen LogP contribution in [0.3, 0.4) is 0 Å². The van der Waals surface area contributed by atoms with Gasteiger partial charge in [-0.05, 0) is 24.3 Å². The molecule has 1 aromatic heterocycles. The Balaban J connectivity index is 0.000000847. The lowest BCUT2D eigenvalue weighted by Gasteiger charge is -2.08. The first kappa shape index (κ1) is 16.3. The Hall–Kier alpha value is -2.07. The standard InChI is InChI=1S/C15H7BClFO2.C2H6/c16-8-1-3-11-12(7-15(19)20-14(11)5-8)10-4-2-9(18)6-13(10)17;1-2/h1-7H;1-2H3. The van der Waals surface area contributed by atoms with E-state index in [4.69, 9.17) is 23.9 Å². The molecule has 0 bridgehead atoms. The van der Waals surface area contributed by atoms with Gasteiger partial charge in [0.25, 0.3) is 0 Å². The third-order valence-corrected chi connectivity index (χ3v) is 3.30. The van der Waals surface area contributed by atoms with E-state index in [-0.39, 0.29) is 5.02 Å². The molecule has 0 saturated heterocycles. The number of hydrogen-bond donors (Lipinski definition) is 0. The zero-order valence-corrected chi connectivity index (χ0v) is 12.9. The van der Waals surface area contributed by atoms with Gasteiger partial charge in [-0.2, -0.15) is 0 Å². The minimum Gasteiger partial charge on any atom is -0.423 e. The number of fused-ring (bicyclic) bond motifs is 1. The number of halogens is 2. The number of benzene rings is 2. The third kappa shape index (κ3) is 3.23. The van der Waals surface area contributed by atoms with Crippen LogP contribution in [0.25, 0.3) is 22.1 Å². The summed E-state index contributed by atoms with van der Waals surface area (Å²) in [6, 6.07) is 10.4. The fourth-order valence-corrected chi connectivity index (χ4v) is 2.38. The second kappa shape index (κ2) is 6.80. The summed E-state index contributed by atoms with van der Waals surface area (Å²) in [5.41, 5.74) is 1.49. The van der Waals surface area contributed by atoms with Crippen LogP contribution in [-0.2, 0) is 0 Å². The zero-order chi connectivity index (χ0) is 16.3. The highest BCUT2D eigenvalue weighted by Crippen LogP contribution is 2.32. The molecule has 0 saturated carbocycles. The van der Waals surface area contributed by atoms with Crippen LogP contribution in [-0.4, -0.2) is 7.85 Å². The van der Waals surface area contributed by atoms with E-state index in [9.17, 15) is 9.18 Å². The molecule has 2 aromatic carbocycles. The lowest BCUT2D eigenvalue weighted by Crippen LogP contribution is -2.04. The first-order valence-corrected chi connectivity index (χ1v) is 7.21. The van der Waals surface area contributed by atoms with E-state index in [1.807, 2.05) is 13.8 Å². The number of hydrogen-bond acceptors (Lipinski definition) is 2. The second-order valence-corrected chi connectivity index (χ2v) is 4.77. The van der Waals surface area contributed by atoms with Crippen LogP contribution in [0, 0.1) is 5.82 Å². The molecule has 0 aliphatic rings. The molecule has 0 amide bonds. The molecule has 0 atom stereocenters. The van der Waals surface area contributed by atoms with Crippen molar-refractivity contribution in [2.24, 2.45) is 0 Å². The summed E-state index contributed by atoms with van der Waals surface area (Å²) in [5, 5.41) is 0.918. The second-order valence-electron chi connectivity index (χ2n) is 4.36. The van der Waals surface area contributed by atoms with Crippen molar-refractivity contribution in [3.63, 3.8) is 0 Å². The third-order valence-electron chi connectivity index (χ3n) is 2.99. The average molecular weight is 315 g/mol. The SMILES string of the molecule is CC.[B]c1ccc2c(-c3ccc(F)cc3Cl)cc(=O)oc2c1. The largest absolute Gasteiger partial charge is 0.423 e. The van der Waals surface area contributed by atoms with E-state index in [0.29, 0.717) is 27.6 Å². The van der Waals surface area contributed by atoms with E-state index < -0.39 is 11.4 Å². The fraction of sp³-hybridized carbons (Fsp3) is 0.118. The maximum absolute atomic E-state index is 13.1. The summed E-state index contributed by atoms with van der Waals surface area (Å²) in [6.07, 6.45) is 0. The van der Waals surface area contributed by atoms with Crippen molar-refractivity contribution >= 4 is 35.9 Å². The predicted octanol–water partition coefficient (Wildman–Crippen LogP) is 4.07. The van der Waals surface area contributed by atoms with Crippen molar-refractivity contribution in [1.82, 2.24) is 0 Å². The van der Waals surface area contributed by atoms with Gasteiger partial charge >= 0.3 is 5.63 Å². The molecule has 0 aliphatic heterocycles. The van der Waals surface area contributed by atoms with E-state index in [0.717, 1.165) is 0 Å².